The molecule has 2 rings (SSSR count). The molecular weight excluding hydrogens is 389 g/mol. The Kier molecular flexibility index (Phi) is 5.14. The molecule has 20 heavy (non-hydrogen) atoms. The lowest BCUT2D eigenvalue weighted by atomic mass is 10.2. The van der Waals surface area contributed by atoms with E-state index in [0.717, 1.165) is 9.13 Å². The maximum atomic E-state index is 11.4. The zero-order valence-electron chi connectivity index (χ0n) is 11.2. The molecule has 0 aliphatic rings. The van der Waals surface area contributed by atoms with Crippen molar-refractivity contribution < 1.29 is 8.42 Å². The molecule has 5 nitrogen and oxygen atoms in total. The zero-order valence-corrected chi connectivity index (χ0v) is 14.1. The van der Waals surface area contributed by atoms with Gasteiger partial charge in [0.25, 0.3) is 0 Å². The number of rotatable bonds is 6. The fourth-order valence-electron chi connectivity index (χ4n) is 1.72. The van der Waals surface area contributed by atoms with E-state index >= 15 is 0 Å². The molecule has 0 aliphatic heterocycles. The monoisotopic (exact) mass is 405 g/mol. The fraction of sp³-hybridized carbons (Fsp3) is 0.385. The van der Waals surface area contributed by atoms with Crippen LogP contribution in [-0.2, 0) is 16.4 Å². The van der Waals surface area contributed by atoms with E-state index in [-0.39, 0.29) is 11.5 Å². The number of benzene rings is 1. The van der Waals surface area contributed by atoms with Crippen LogP contribution in [0.5, 0.6) is 0 Å². The second kappa shape index (κ2) is 6.66. The van der Waals surface area contributed by atoms with Crippen LogP contribution in [0.15, 0.2) is 30.6 Å². The third-order valence-corrected chi connectivity index (χ3v) is 5.43. The van der Waals surface area contributed by atoms with E-state index in [9.17, 15) is 8.42 Å². The van der Waals surface area contributed by atoms with Crippen molar-refractivity contribution in [2.45, 2.75) is 19.9 Å². The summed E-state index contributed by atoms with van der Waals surface area (Å²) in [6.45, 7) is 2.23. The van der Waals surface area contributed by atoms with Gasteiger partial charge in [-0.15, -0.1) is 0 Å². The highest BCUT2D eigenvalue weighted by atomic mass is 127. The molecule has 1 aromatic carbocycles. The maximum Gasteiger partial charge on any atom is 0.181 e. The Morgan fingerprint density at radius 1 is 1.25 bits per heavy atom. The summed E-state index contributed by atoms with van der Waals surface area (Å²) in [6, 6.07) is 7.96. The Bertz CT molecular complexity index is 665. The molecule has 0 amide bonds. The Hall–Kier alpha value is -0.960. The lowest BCUT2D eigenvalue weighted by molar-refractivity contribution is 0.573. The Balaban J connectivity index is 1.97. The summed E-state index contributed by atoms with van der Waals surface area (Å²) < 4.78 is 25.7. The minimum absolute atomic E-state index is 0.193. The summed E-state index contributed by atoms with van der Waals surface area (Å²) >= 11 is 2.25. The van der Waals surface area contributed by atoms with Crippen LogP contribution in [0.2, 0.25) is 0 Å². The molecule has 0 N–H and O–H groups in total. The number of aryl methyl sites for hydroxylation is 1. The van der Waals surface area contributed by atoms with Gasteiger partial charge in [-0.1, -0.05) is 19.1 Å². The summed E-state index contributed by atoms with van der Waals surface area (Å²) in [4.78, 5) is 4.25. The van der Waals surface area contributed by atoms with E-state index in [1.54, 1.807) is 17.9 Å². The van der Waals surface area contributed by atoms with Crippen molar-refractivity contribution in [2.24, 2.45) is 0 Å². The van der Waals surface area contributed by atoms with Crippen molar-refractivity contribution in [3.05, 3.63) is 34.2 Å². The molecule has 0 saturated heterocycles. The molecule has 7 heteroatoms. The number of hydrogen-bond donors (Lipinski definition) is 0. The van der Waals surface area contributed by atoms with Crippen LogP contribution in [0.3, 0.4) is 0 Å². The van der Waals surface area contributed by atoms with Crippen LogP contribution < -0.4 is 0 Å². The van der Waals surface area contributed by atoms with Crippen LogP contribution in [-0.4, -0.2) is 34.7 Å². The van der Waals surface area contributed by atoms with E-state index < -0.39 is 9.84 Å². The summed E-state index contributed by atoms with van der Waals surface area (Å²) in [7, 11) is -2.90. The van der Waals surface area contributed by atoms with Crippen molar-refractivity contribution in [1.82, 2.24) is 14.8 Å². The van der Waals surface area contributed by atoms with Crippen LogP contribution in [0.4, 0.5) is 0 Å². The fourth-order valence-corrected chi connectivity index (χ4v) is 2.94. The van der Waals surface area contributed by atoms with E-state index in [4.69, 9.17) is 0 Å². The van der Waals surface area contributed by atoms with Gasteiger partial charge in [-0.05, 0) is 41.1 Å². The third kappa shape index (κ3) is 4.27. The molecule has 0 radical (unpaired) electrons. The minimum atomic E-state index is -2.90. The smallest absolute Gasteiger partial charge is 0.181 e. The Morgan fingerprint density at radius 2 is 1.95 bits per heavy atom. The minimum Gasteiger partial charge on any atom is -0.252 e. The normalized spacial score (nSPS) is 11.7. The van der Waals surface area contributed by atoms with Crippen LogP contribution in [0, 0.1) is 3.57 Å². The topological polar surface area (TPSA) is 64.8 Å². The number of sulfone groups is 1. The Labute approximate surface area is 132 Å². The Morgan fingerprint density at radius 3 is 2.60 bits per heavy atom. The number of nitrogens with zero attached hydrogens (tertiary/aromatic N) is 3. The van der Waals surface area contributed by atoms with Gasteiger partial charge in [-0.2, -0.15) is 5.10 Å². The molecule has 1 heterocycles. The van der Waals surface area contributed by atoms with Gasteiger partial charge in [0, 0.05) is 21.4 Å². The average molecular weight is 405 g/mol. The zero-order chi connectivity index (χ0) is 14.6. The van der Waals surface area contributed by atoms with E-state index in [0.29, 0.717) is 18.8 Å². The van der Waals surface area contributed by atoms with Crippen molar-refractivity contribution in [2.75, 3.05) is 11.5 Å². The predicted molar refractivity (Wildman–Crippen MR) is 87.1 cm³/mol. The number of hydrogen-bond acceptors (Lipinski definition) is 4. The lowest BCUT2D eigenvalue weighted by Gasteiger charge is -2.01. The van der Waals surface area contributed by atoms with Gasteiger partial charge < -0.3 is 0 Å². The van der Waals surface area contributed by atoms with Crippen LogP contribution in [0.25, 0.3) is 11.4 Å². The first kappa shape index (κ1) is 15.4. The summed E-state index contributed by atoms with van der Waals surface area (Å²) in [5.41, 5.74) is 0.963. The summed E-state index contributed by atoms with van der Waals surface area (Å²) in [5.74, 6) is 1.06. The molecule has 0 aliphatic carbocycles. The molecular formula is C13H16IN3O2S. The number of aromatic nitrogens is 3. The van der Waals surface area contributed by atoms with E-state index in [2.05, 4.69) is 32.7 Å². The van der Waals surface area contributed by atoms with E-state index in [1.807, 2.05) is 24.3 Å². The molecule has 1 aromatic heterocycles. The maximum absolute atomic E-state index is 11.4. The first-order chi connectivity index (χ1) is 9.50. The predicted octanol–water partition coefficient (Wildman–Crippen LogP) is 2.37. The first-order valence-corrected chi connectivity index (χ1v) is 9.26. The van der Waals surface area contributed by atoms with Crippen LogP contribution >= 0.6 is 22.6 Å². The second-order valence-electron chi connectivity index (χ2n) is 4.43. The molecule has 0 saturated carbocycles. The lowest BCUT2D eigenvalue weighted by Crippen LogP contribution is -2.11. The standard InChI is InChI=1S/C13H16IN3O2S/c1-2-20(18,19)9-3-8-17-10-15-13(16-17)11-4-6-12(14)7-5-11/h4-7,10H,2-3,8-9H2,1H3. The number of halogens is 1. The molecule has 0 fully saturated rings. The molecule has 0 unspecified atom stereocenters. The molecule has 0 atom stereocenters. The van der Waals surface area contributed by atoms with Crippen molar-refractivity contribution in [1.29, 1.82) is 0 Å². The van der Waals surface area contributed by atoms with Crippen LogP contribution in [0.1, 0.15) is 13.3 Å². The molecule has 108 valence electrons. The van der Waals surface area contributed by atoms with Crippen molar-refractivity contribution in [3.8, 4) is 11.4 Å². The highest BCUT2D eigenvalue weighted by Crippen LogP contribution is 2.16. The van der Waals surface area contributed by atoms with E-state index in [1.165, 1.54) is 0 Å². The molecule has 0 spiro atoms. The summed E-state index contributed by atoms with van der Waals surface area (Å²) in [5, 5.41) is 4.36. The third-order valence-electron chi connectivity index (χ3n) is 2.92. The van der Waals surface area contributed by atoms with Gasteiger partial charge in [0.05, 0.1) is 5.75 Å². The average Bonchev–Trinajstić information content (AvgIpc) is 2.88. The van der Waals surface area contributed by atoms with Gasteiger partial charge in [-0.3, -0.25) is 4.68 Å². The van der Waals surface area contributed by atoms with Gasteiger partial charge in [0.2, 0.25) is 0 Å². The highest BCUT2D eigenvalue weighted by Gasteiger charge is 2.08. The first-order valence-electron chi connectivity index (χ1n) is 6.36. The highest BCUT2D eigenvalue weighted by molar-refractivity contribution is 14.1. The van der Waals surface area contributed by atoms with Gasteiger partial charge in [0.15, 0.2) is 5.82 Å². The SMILES string of the molecule is CCS(=O)(=O)CCCn1cnc(-c2ccc(I)cc2)n1. The quantitative estimate of drug-likeness (QED) is 0.693. The van der Waals surface area contributed by atoms with Gasteiger partial charge in [0.1, 0.15) is 16.2 Å². The second-order valence-corrected chi connectivity index (χ2v) is 8.15. The largest absolute Gasteiger partial charge is 0.252 e. The van der Waals surface area contributed by atoms with Gasteiger partial charge in [-0.25, -0.2) is 13.4 Å². The summed E-state index contributed by atoms with van der Waals surface area (Å²) in [6.07, 6.45) is 2.21. The van der Waals surface area contributed by atoms with Crippen molar-refractivity contribution >= 4 is 32.4 Å². The van der Waals surface area contributed by atoms with Crippen molar-refractivity contribution in [3.63, 3.8) is 0 Å². The molecule has 0 bridgehead atoms. The van der Waals surface area contributed by atoms with Gasteiger partial charge >= 0.3 is 0 Å². The molecule has 2 aromatic rings.